The van der Waals surface area contributed by atoms with Crippen molar-refractivity contribution in [2.45, 2.75) is 38.6 Å². The van der Waals surface area contributed by atoms with Crippen molar-refractivity contribution < 1.29 is 13.2 Å². The van der Waals surface area contributed by atoms with E-state index in [1.165, 1.54) is 0 Å². The van der Waals surface area contributed by atoms with Gasteiger partial charge in [0.25, 0.3) is 0 Å². The second kappa shape index (κ2) is 4.81. The lowest BCUT2D eigenvalue weighted by Gasteiger charge is -2.43. The Labute approximate surface area is 109 Å². The van der Waals surface area contributed by atoms with Crippen molar-refractivity contribution in [3.8, 4) is 0 Å². The van der Waals surface area contributed by atoms with Crippen LogP contribution in [0.1, 0.15) is 32.6 Å². The molecule has 1 aliphatic carbocycles. The molecule has 1 unspecified atom stereocenters. The molecular formula is C12H22N2O3S. The zero-order valence-corrected chi connectivity index (χ0v) is 11.7. The number of amides is 1. The predicted molar refractivity (Wildman–Crippen MR) is 69.8 cm³/mol. The monoisotopic (exact) mass is 274 g/mol. The van der Waals surface area contributed by atoms with Gasteiger partial charge in [0, 0.05) is 19.0 Å². The van der Waals surface area contributed by atoms with E-state index in [1.54, 1.807) is 4.90 Å². The number of hydrogen-bond acceptors (Lipinski definition) is 4. The van der Waals surface area contributed by atoms with Crippen molar-refractivity contribution >= 4 is 15.7 Å². The van der Waals surface area contributed by atoms with Crippen molar-refractivity contribution in [1.29, 1.82) is 0 Å². The van der Waals surface area contributed by atoms with Gasteiger partial charge in [-0.3, -0.25) is 4.79 Å². The number of rotatable bonds is 3. The first-order valence-corrected chi connectivity index (χ1v) is 8.40. The molecule has 0 spiro atoms. The Bertz CT molecular complexity index is 423. The van der Waals surface area contributed by atoms with Gasteiger partial charge in [-0.15, -0.1) is 0 Å². The van der Waals surface area contributed by atoms with Crippen LogP contribution in [0.3, 0.4) is 0 Å². The summed E-state index contributed by atoms with van der Waals surface area (Å²) in [5.74, 6) is 0.259. The van der Waals surface area contributed by atoms with Gasteiger partial charge in [-0.1, -0.05) is 6.42 Å². The highest BCUT2D eigenvalue weighted by Gasteiger charge is 2.40. The molecule has 0 bridgehead atoms. The molecule has 1 atom stereocenters. The molecule has 1 amide bonds. The maximum Gasteiger partial charge on any atom is 0.223 e. The first kappa shape index (κ1) is 13.8. The summed E-state index contributed by atoms with van der Waals surface area (Å²) in [6.45, 7) is 2.70. The lowest BCUT2D eigenvalue weighted by molar-refractivity contribution is -0.136. The van der Waals surface area contributed by atoms with Gasteiger partial charge in [0.2, 0.25) is 5.91 Å². The van der Waals surface area contributed by atoms with E-state index >= 15 is 0 Å². The van der Waals surface area contributed by atoms with Crippen molar-refractivity contribution in [2.24, 2.45) is 11.1 Å². The molecule has 1 aliphatic heterocycles. The highest BCUT2D eigenvalue weighted by atomic mass is 32.2. The van der Waals surface area contributed by atoms with E-state index < -0.39 is 9.84 Å². The summed E-state index contributed by atoms with van der Waals surface area (Å²) in [5, 5.41) is 0. The Morgan fingerprint density at radius 3 is 2.56 bits per heavy atom. The summed E-state index contributed by atoms with van der Waals surface area (Å²) in [5.41, 5.74) is 5.75. The zero-order chi connectivity index (χ0) is 13.4. The second-order valence-corrected chi connectivity index (χ2v) is 8.01. The van der Waals surface area contributed by atoms with Gasteiger partial charge < -0.3 is 10.6 Å². The van der Waals surface area contributed by atoms with E-state index in [9.17, 15) is 13.2 Å². The first-order valence-electron chi connectivity index (χ1n) is 6.57. The molecule has 0 aromatic rings. The van der Waals surface area contributed by atoms with Crippen LogP contribution in [0.4, 0.5) is 0 Å². The standard InChI is InChI=1S/C12H22N2O3S/c1-10-8-18(16,17)6-5-14(10)11(15)7-12(9-13)3-2-4-12/h10H,2-9,13H2,1H3. The summed E-state index contributed by atoms with van der Waals surface area (Å²) < 4.78 is 23.0. The lowest BCUT2D eigenvalue weighted by atomic mass is 9.66. The molecule has 1 heterocycles. The van der Waals surface area contributed by atoms with Crippen LogP contribution >= 0.6 is 0 Å². The molecule has 2 fully saturated rings. The third-order valence-corrected chi connectivity index (χ3v) is 6.16. The van der Waals surface area contributed by atoms with E-state index in [0.29, 0.717) is 19.5 Å². The Kier molecular flexibility index (Phi) is 3.69. The number of hydrogen-bond donors (Lipinski definition) is 1. The molecule has 0 aromatic carbocycles. The predicted octanol–water partition coefficient (Wildman–Crippen LogP) is 0.151. The molecule has 1 saturated carbocycles. The molecule has 104 valence electrons. The third kappa shape index (κ3) is 2.69. The van der Waals surface area contributed by atoms with E-state index in [2.05, 4.69) is 0 Å². The minimum absolute atomic E-state index is 0.00682. The Morgan fingerprint density at radius 1 is 1.44 bits per heavy atom. The van der Waals surface area contributed by atoms with Gasteiger partial charge in [0.1, 0.15) is 0 Å². The van der Waals surface area contributed by atoms with Gasteiger partial charge in [-0.2, -0.15) is 0 Å². The van der Waals surface area contributed by atoms with Crippen molar-refractivity contribution in [2.75, 3.05) is 24.6 Å². The average Bonchev–Trinajstić information content (AvgIpc) is 2.21. The molecule has 2 rings (SSSR count). The van der Waals surface area contributed by atoms with Crippen LogP contribution in [0.5, 0.6) is 0 Å². The number of nitrogens with two attached hydrogens (primary N) is 1. The molecule has 0 aromatic heterocycles. The van der Waals surface area contributed by atoms with Crippen LogP contribution in [0, 0.1) is 5.41 Å². The van der Waals surface area contributed by atoms with Crippen LogP contribution in [-0.2, 0) is 14.6 Å². The van der Waals surface area contributed by atoms with Crippen molar-refractivity contribution in [3.05, 3.63) is 0 Å². The summed E-state index contributed by atoms with van der Waals surface area (Å²) in [4.78, 5) is 14.0. The molecular weight excluding hydrogens is 252 g/mol. The third-order valence-electron chi connectivity index (χ3n) is 4.36. The highest BCUT2D eigenvalue weighted by Crippen LogP contribution is 2.43. The van der Waals surface area contributed by atoms with E-state index in [1.807, 2.05) is 6.92 Å². The molecule has 6 heteroatoms. The van der Waals surface area contributed by atoms with Gasteiger partial charge >= 0.3 is 0 Å². The largest absolute Gasteiger partial charge is 0.338 e. The quantitative estimate of drug-likeness (QED) is 0.794. The fraction of sp³-hybridized carbons (Fsp3) is 0.917. The van der Waals surface area contributed by atoms with Crippen LogP contribution < -0.4 is 5.73 Å². The average molecular weight is 274 g/mol. The molecule has 1 saturated heterocycles. The minimum atomic E-state index is -2.96. The van der Waals surface area contributed by atoms with Gasteiger partial charge in [0.05, 0.1) is 11.5 Å². The fourth-order valence-electron chi connectivity index (χ4n) is 2.92. The smallest absolute Gasteiger partial charge is 0.223 e. The number of carbonyl (C=O) groups is 1. The van der Waals surface area contributed by atoms with E-state index in [-0.39, 0.29) is 28.9 Å². The molecule has 0 radical (unpaired) electrons. The molecule has 2 aliphatic rings. The molecule has 18 heavy (non-hydrogen) atoms. The first-order chi connectivity index (χ1) is 8.37. The van der Waals surface area contributed by atoms with Crippen LogP contribution in [0.25, 0.3) is 0 Å². The summed E-state index contributed by atoms with van der Waals surface area (Å²) in [6.07, 6.45) is 3.67. The van der Waals surface area contributed by atoms with E-state index in [0.717, 1.165) is 19.3 Å². The zero-order valence-electron chi connectivity index (χ0n) is 10.9. The molecule has 5 nitrogen and oxygen atoms in total. The maximum atomic E-state index is 12.3. The van der Waals surface area contributed by atoms with Crippen LogP contribution in [0.15, 0.2) is 0 Å². The Hall–Kier alpha value is -0.620. The summed E-state index contributed by atoms with van der Waals surface area (Å²) in [6, 6.07) is -0.203. The number of sulfone groups is 1. The van der Waals surface area contributed by atoms with Gasteiger partial charge in [-0.25, -0.2) is 8.42 Å². The van der Waals surface area contributed by atoms with Gasteiger partial charge in [-0.05, 0) is 31.7 Å². The number of nitrogens with zero attached hydrogens (tertiary/aromatic N) is 1. The minimum Gasteiger partial charge on any atom is -0.338 e. The second-order valence-electron chi connectivity index (χ2n) is 5.78. The number of carbonyl (C=O) groups excluding carboxylic acids is 1. The topological polar surface area (TPSA) is 80.5 Å². The van der Waals surface area contributed by atoms with Crippen molar-refractivity contribution in [1.82, 2.24) is 4.90 Å². The SMILES string of the molecule is CC1CS(=O)(=O)CCN1C(=O)CC1(CN)CCC1. The van der Waals surface area contributed by atoms with Crippen molar-refractivity contribution in [3.63, 3.8) is 0 Å². The fourth-order valence-corrected chi connectivity index (χ4v) is 4.48. The Morgan fingerprint density at radius 2 is 2.11 bits per heavy atom. The Balaban J connectivity index is 1.97. The van der Waals surface area contributed by atoms with E-state index in [4.69, 9.17) is 5.73 Å². The van der Waals surface area contributed by atoms with Gasteiger partial charge in [0.15, 0.2) is 9.84 Å². The maximum absolute atomic E-state index is 12.3. The van der Waals surface area contributed by atoms with Crippen LogP contribution in [-0.4, -0.2) is 49.9 Å². The molecule has 2 N–H and O–H groups in total. The van der Waals surface area contributed by atoms with Crippen LogP contribution in [0.2, 0.25) is 0 Å². The highest BCUT2D eigenvalue weighted by molar-refractivity contribution is 7.91. The summed E-state index contributed by atoms with van der Waals surface area (Å²) >= 11 is 0. The lowest BCUT2D eigenvalue weighted by Crippen LogP contribution is -2.52. The normalized spacial score (nSPS) is 29.7. The summed E-state index contributed by atoms with van der Waals surface area (Å²) in [7, 11) is -2.96.